The number of nitrogens with zero attached hydrogens (tertiary/aromatic N) is 1. The fourth-order valence-corrected chi connectivity index (χ4v) is 3.03. The van der Waals surface area contributed by atoms with E-state index in [0.717, 1.165) is 16.8 Å². The normalized spacial score (nSPS) is 10.7. The Morgan fingerprint density at radius 3 is 2.48 bits per heavy atom. The number of amides is 1. The molecule has 4 nitrogen and oxygen atoms in total. The van der Waals surface area contributed by atoms with Crippen molar-refractivity contribution in [2.45, 2.75) is 13.8 Å². The van der Waals surface area contributed by atoms with Gasteiger partial charge in [0.1, 0.15) is 5.82 Å². The van der Waals surface area contributed by atoms with Crippen molar-refractivity contribution in [2.24, 2.45) is 0 Å². The number of carbonyl (C=O) groups excluding carboxylic acids is 1. The fraction of sp³-hybridized carbons (Fsp3) is 0.0833. The molecule has 4 aromatic rings. The van der Waals surface area contributed by atoms with Crippen LogP contribution in [-0.4, -0.2) is 10.9 Å². The lowest BCUT2D eigenvalue weighted by Crippen LogP contribution is -2.13. The quantitative estimate of drug-likeness (QED) is 0.467. The maximum absolute atomic E-state index is 13.1. The van der Waals surface area contributed by atoms with Gasteiger partial charge in [0, 0.05) is 16.8 Å². The smallest absolute Gasteiger partial charge is 0.256 e. The minimum atomic E-state index is -0.318. The Labute approximate surface area is 168 Å². The van der Waals surface area contributed by atoms with Crippen molar-refractivity contribution < 1.29 is 13.6 Å². The predicted octanol–water partition coefficient (Wildman–Crippen LogP) is 6.02. The van der Waals surface area contributed by atoms with Crippen molar-refractivity contribution in [2.75, 3.05) is 5.32 Å². The maximum Gasteiger partial charge on any atom is 0.256 e. The number of aryl methyl sites for hydroxylation is 2. The van der Waals surface area contributed by atoms with E-state index >= 15 is 0 Å². The van der Waals surface area contributed by atoms with Gasteiger partial charge in [-0.2, -0.15) is 0 Å². The summed E-state index contributed by atoms with van der Waals surface area (Å²) in [7, 11) is 0. The largest absolute Gasteiger partial charge is 0.436 e. The lowest BCUT2D eigenvalue weighted by Gasteiger charge is -2.10. The van der Waals surface area contributed by atoms with E-state index in [0.29, 0.717) is 28.3 Å². The second-order valence-corrected chi connectivity index (χ2v) is 6.84. The zero-order valence-corrected chi connectivity index (χ0v) is 16.1. The molecule has 0 atom stereocenters. The van der Waals surface area contributed by atoms with E-state index in [-0.39, 0.29) is 11.7 Å². The number of carbonyl (C=O) groups is 1. The van der Waals surface area contributed by atoms with Gasteiger partial charge in [0.05, 0.1) is 11.8 Å². The Morgan fingerprint density at radius 2 is 1.72 bits per heavy atom. The monoisotopic (exact) mass is 386 g/mol. The molecule has 29 heavy (non-hydrogen) atoms. The van der Waals surface area contributed by atoms with Crippen LogP contribution in [0.25, 0.3) is 22.8 Å². The summed E-state index contributed by atoms with van der Waals surface area (Å²) in [5.74, 6) is 0.270. The minimum Gasteiger partial charge on any atom is -0.436 e. The first-order valence-corrected chi connectivity index (χ1v) is 9.21. The molecule has 0 fully saturated rings. The molecule has 0 unspecified atom stereocenters. The number of hydrogen-bond acceptors (Lipinski definition) is 3. The van der Waals surface area contributed by atoms with Gasteiger partial charge in [0.25, 0.3) is 5.91 Å². The number of aromatic nitrogens is 1. The first kappa shape index (κ1) is 18.6. The SMILES string of the molecule is Cc1ccc(NC(=O)c2ccccc2-c2ncc(-c3ccc(F)cc3)o2)cc1C. The number of rotatable bonds is 4. The number of nitrogens with one attached hydrogen (secondary N) is 1. The summed E-state index contributed by atoms with van der Waals surface area (Å²) in [6, 6.07) is 18.9. The minimum absolute atomic E-state index is 0.245. The van der Waals surface area contributed by atoms with Gasteiger partial charge in [-0.15, -0.1) is 0 Å². The lowest BCUT2D eigenvalue weighted by molar-refractivity contribution is 0.102. The van der Waals surface area contributed by atoms with Crippen molar-refractivity contribution >= 4 is 11.6 Å². The third-order valence-electron chi connectivity index (χ3n) is 4.80. The third kappa shape index (κ3) is 3.94. The standard InChI is InChI=1S/C24H19FN2O2/c1-15-7-12-19(13-16(15)2)27-23(28)20-5-3-4-6-21(20)24-26-14-22(29-24)17-8-10-18(25)11-9-17/h3-14H,1-2H3,(H,27,28). The predicted molar refractivity (Wildman–Crippen MR) is 111 cm³/mol. The topological polar surface area (TPSA) is 55.1 Å². The van der Waals surface area contributed by atoms with Gasteiger partial charge in [0.2, 0.25) is 5.89 Å². The van der Waals surface area contributed by atoms with Gasteiger partial charge in [0.15, 0.2) is 5.76 Å². The average molecular weight is 386 g/mol. The van der Waals surface area contributed by atoms with Gasteiger partial charge in [-0.25, -0.2) is 9.37 Å². The van der Waals surface area contributed by atoms with E-state index in [9.17, 15) is 9.18 Å². The zero-order valence-electron chi connectivity index (χ0n) is 16.1. The Kier molecular flexibility index (Phi) is 4.96. The lowest BCUT2D eigenvalue weighted by atomic mass is 10.1. The highest BCUT2D eigenvalue weighted by Crippen LogP contribution is 2.29. The fourth-order valence-electron chi connectivity index (χ4n) is 3.03. The molecular weight excluding hydrogens is 367 g/mol. The van der Waals surface area contributed by atoms with Gasteiger partial charge < -0.3 is 9.73 Å². The molecule has 1 N–H and O–H groups in total. The van der Waals surface area contributed by atoms with E-state index in [1.54, 1.807) is 36.5 Å². The molecular formula is C24H19FN2O2. The highest BCUT2D eigenvalue weighted by atomic mass is 19.1. The van der Waals surface area contributed by atoms with Gasteiger partial charge in [-0.1, -0.05) is 18.2 Å². The van der Waals surface area contributed by atoms with Crippen LogP contribution >= 0.6 is 0 Å². The first-order valence-electron chi connectivity index (χ1n) is 9.21. The van der Waals surface area contributed by atoms with Crippen LogP contribution in [0.3, 0.4) is 0 Å². The molecule has 0 aliphatic heterocycles. The van der Waals surface area contributed by atoms with Crippen molar-refractivity contribution in [1.82, 2.24) is 4.98 Å². The molecule has 0 aliphatic rings. The molecule has 0 bridgehead atoms. The van der Waals surface area contributed by atoms with Crippen molar-refractivity contribution in [3.63, 3.8) is 0 Å². The molecule has 0 spiro atoms. The summed E-state index contributed by atoms with van der Waals surface area (Å²) in [5, 5.41) is 2.93. The molecule has 144 valence electrons. The summed E-state index contributed by atoms with van der Waals surface area (Å²) in [6.45, 7) is 4.03. The van der Waals surface area contributed by atoms with Gasteiger partial charge in [-0.05, 0) is 73.5 Å². The third-order valence-corrected chi connectivity index (χ3v) is 4.80. The van der Waals surface area contributed by atoms with E-state index in [4.69, 9.17) is 4.42 Å². The van der Waals surface area contributed by atoms with E-state index < -0.39 is 0 Å². The number of halogens is 1. The number of anilines is 1. The molecule has 3 aromatic carbocycles. The van der Waals surface area contributed by atoms with Crippen LogP contribution < -0.4 is 5.32 Å². The average Bonchev–Trinajstić information content (AvgIpc) is 3.21. The Hall–Kier alpha value is -3.73. The molecule has 0 radical (unpaired) electrons. The van der Waals surface area contributed by atoms with Crippen LogP contribution in [0.4, 0.5) is 10.1 Å². The van der Waals surface area contributed by atoms with Crippen molar-refractivity contribution in [3.05, 3.63) is 95.4 Å². The molecule has 0 saturated carbocycles. The highest BCUT2D eigenvalue weighted by molar-refractivity contribution is 6.08. The van der Waals surface area contributed by atoms with Crippen LogP contribution in [0.5, 0.6) is 0 Å². The Morgan fingerprint density at radius 1 is 0.966 bits per heavy atom. The molecule has 0 aliphatic carbocycles. The Bertz CT molecular complexity index is 1180. The van der Waals surface area contributed by atoms with Crippen LogP contribution in [0.2, 0.25) is 0 Å². The summed E-state index contributed by atoms with van der Waals surface area (Å²) in [6.07, 6.45) is 1.57. The van der Waals surface area contributed by atoms with Crippen LogP contribution in [0.1, 0.15) is 21.5 Å². The Balaban J connectivity index is 1.64. The van der Waals surface area contributed by atoms with E-state index in [1.165, 1.54) is 12.1 Å². The molecule has 4 rings (SSSR count). The summed E-state index contributed by atoms with van der Waals surface area (Å²) >= 11 is 0. The second kappa shape index (κ2) is 7.72. The first-order chi connectivity index (χ1) is 14.0. The van der Waals surface area contributed by atoms with E-state index in [2.05, 4.69) is 10.3 Å². The summed E-state index contributed by atoms with van der Waals surface area (Å²) < 4.78 is 19.0. The number of benzene rings is 3. The highest BCUT2D eigenvalue weighted by Gasteiger charge is 2.17. The van der Waals surface area contributed by atoms with Gasteiger partial charge in [-0.3, -0.25) is 4.79 Å². The van der Waals surface area contributed by atoms with Crippen LogP contribution in [-0.2, 0) is 0 Å². The maximum atomic E-state index is 13.1. The molecule has 5 heteroatoms. The molecule has 1 amide bonds. The molecule has 1 heterocycles. The van der Waals surface area contributed by atoms with Crippen LogP contribution in [0.15, 0.2) is 77.3 Å². The van der Waals surface area contributed by atoms with Crippen molar-refractivity contribution in [3.8, 4) is 22.8 Å². The van der Waals surface area contributed by atoms with Gasteiger partial charge >= 0.3 is 0 Å². The second-order valence-electron chi connectivity index (χ2n) is 6.84. The zero-order chi connectivity index (χ0) is 20.4. The van der Waals surface area contributed by atoms with Crippen LogP contribution in [0, 0.1) is 19.7 Å². The molecule has 0 saturated heterocycles. The number of oxazole rings is 1. The van der Waals surface area contributed by atoms with Crippen molar-refractivity contribution in [1.29, 1.82) is 0 Å². The number of hydrogen-bond donors (Lipinski definition) is 1. The molecule has 1 aromatic heterocycles. The summed E-state index contributed by atoms with van der Waals surface area (Å²) in [5.41, 5.74) is 4.75. The van der Waals surface area contributed by atoms with E-state index in [1.807, 2.05) is 38.1 Å². The summed E-state index contributed by atoms with van der Waals surface area (Å²) in [4.78, 5) is 17.2.